The number of alkyl halides is 1. The van der Waals surface area contributed by atoms with Crippen molar-refractivity contribution in [2.45, 2.75) is 51.7 Å². The van der Waals surface area contributed by atoms with E-state index >= 15 is 0 Å². The highest BCUT2D eigenvalue weighted by atomic mass is 19.1. The van der Waals surface area contributed by atoms with E-state index in [4.69, 9.17) is 0 Å². The van der Waals surface area contributed by atoms with Crippen LogP contribution < -0.4 is 16.2 Å². The number of nitrogens with one attached hydrogen (secondary N) is 3. The van der Waals surface area contributed by atoms with Gasteiger partial charge in [-0.05, 0) is 13.3 Å². The minimum absolute atomic E-state index is 0.0165. The van der Waals surface area contributed by atoms with Crippen LogP contribution in [-0.2, 0) is 5.41 Å². The zero-order chi connectivity index (χ0) is 16.5. The molecule has 0 aromatic carbocycles. The van der Waals surface area contributed by atoms with Crippen LogP contribution in [0.5, 0.6) is 0 Å². The molecular weight excluding hydrogens is 287 g/mol. The fourth-order valence-corrected chi connectivity index (χ4v) is 2.44. The number of aromatic amines is 1. The van der Waals surface area contributed by atoms with Crippen LogP contribution in [0, 0.1) is 6.92 Å². The summed E-state index contributed by atoms with van der Waals surface area (Å²) in [7, 11) is 0. The highest BCUT2D eigenvalue weighted by Crippen LogP contribution is 2.17. The zero-order valence-electron chi connectivity index (χ0n) is 13.4. The summed E-state index contributed by atoms with van der Waals surface area (Å²) >= 11 is 0. The number of carbonyl (C=O) groups is 1. The largest absolute Gasteiger partial charge is 0.350 e. The van der Waals surface area contributed by atoms with Crippen molar-refractivity contribution < 1.29 is 9.18 Å². The Hall–Kier alpha value is -1.76. The molecule has 0 saturated carbocycles. The van der Waals surface area contributed by atoms with Crippen molar-refractivity contribution in [1.29, 1.82) is 0 Å². The lowest BCUT2D eigenvalue weighted by molar-refractivity contribution is 0.0947. The lowest BCUT2D eigenvalue weighted by Crippen LogP contribution is -2.40. The molecular formula is C15H23FN4O2. The van der Waals surface area contributed by atoms with E-state index in [1.807, 2.05) is 20.8 Å². The Bertz CT molecular complexity index is 621. The normalized spacial score (nSPS) is 21.9. The highest BCUT2D eigenvalue weighted by molar-refractivity contribution is 5.94. The molecule has 0 aliphatic carbocycles. The standard InChI is InChI=1S/C15H23FN4O2/c1-8-11(13(22)20-14(19-8)15(2,3)4)12(21)18-7-10-5-9(16)6-17-10/h9-10,17H,5-7H2,1-4H3,(H,18,21)(H,19,20,22)/t9-,10-/m0/s1. The van der Waals surface area contributed by atoms with E-state index in [2.05, 4.69) is 20.6 Å². The minimum atomic E-state index is -0.875. The monoisotopic (exact) mass is 310 g/mol. The first kappa shape index (κ1) is 16.6. The summed E-state index contributed by atoms with van der Waals surface area (Å²) in [6, 6.07) is -0.0971. The predicted molar refractivity (Wildman–Crippen MR) is 81.9 cm³/mol. The molecule has 3 N–H and O–H groups in total. The van der Waals surface area contributed by atoms with Gasteiger partial charge in [0.1, 0.15) is 17.6 Å². The van der Waals surface area contributed by atoms with Crippen molar-refractivity contribution in [3.05, 3.63) is 27.4 Å². The smallest absolute Gasteiger partial charge is 0.264 e. The average Bonchev–Trinajstić information content (AvgIpc) is 2.80. The summed E-state index contributed by atoms with van der Waals surface area (Å²) in [6.45, 7) is 8.04. The van der Waals surface area contributed by atoms with E-state index in [0.717, 1.165) is 0 Å². The molecule has 1 aromatic rings. The van der Waals surface area contributed by atoms with Crippen LogP contribution in [0.4, 0.5) is 4.39 Å². The molecule has 2 rings (SSSR count). The topological polar surface area (TPSA) is 86.9 Å². The quantitative estimate of drug-likeness (QED) is 0.771. The van der Waals surface area contributed by atoms with Gasteiger partial charge in [-0.2, -0.15) is 0 Å². The third-order valence-electron chi connectivity index (χ3n) is 3.72. The van der Waals surface area contributed by atoms with Crippen molar-refractivity contribution in [2.24, 2.45) is 0 Å². The molecule has 1 amide bonds. The molecule has 122 valence electrons. The first-order chi connectivity index (χ1) is 10.2. The van der Waals surface area contributed by atoms with Crippen LogP contribution in [0.15, 0.2) is 4.79 Å². The van der Waals surface area contributed by atoms with Crippen LogP contribution in [-0.4, -0.2) is 41.2 Å². The fraction of sp³-hybridized carbons (Fsp3) is 0.667. The summed E-state index contributed by atoms with van der Waals surface area (Å²) in [5.41, 5.74) is -0.336. The molecule has 2 heterocycles. The Morgan fingerprint density at radius 2 is 2.14 bits per heavy atom. The Morgan fingerprint density at radius 3 is 2.64 bits per heavy atom. The van der Waals surface area contributed by atoms with Gasteiger partial charge in [0, 0.05) is 24.5 Å². The first-order valence-corrected chi connectivity index (χ1v) is 7.45. The number of H-pyrrole nitrogens is 1. The summed E-state index contributed by atoms with van der Waals surface area (Å²) in [5, 5.41) is 5.65. The Balaban J connectivity index is 2.11. The molecule has 2 atom stereocenters. The van der Waals surface area contributed by atoms with Gasteiger partial charge in [-0.15, -0.1) is 0 Å². The molecule has 6 nitrogen and oxygen atoms in total. The summed E-state index contributed by atoms with van der Waals surface area (Å²) in [4.78, 5) is 31.4. The van der Waals surface area contributed by atoms with Gasteiger partial charge in [-0.3, -0.25) is 9.59 Å². The summed E-state index contributed by atoms with van der Waals surface area (Å²) in [5.74, 6) is 0.0695. The number of hydrogen-bond donors (Lipinski definition) is 3. The number of amides is 1. The molecule has 0 radical (unpaired) electrons. The zero-order valence-corrected chi connectivity index (χ0v) is 13.4. The van der Waals surface area contributed by atoms with Crippen LogP contribution in [0.25, 0.3) is 0 Å². The number of nitrogens with zero attached hydrogens (tertiary/aromatic N) is 1. The molecule has 0 unspecified atom stereocenters. The number of carbonyl (C=O) groups excluding carboxylic acids is 1. The second-order valence-corrected chi connectivity index (χ2v) is 6.77. The Morgan fingerprint density at radius 1 is 1.45 bits per heavy atom. The van der Waals surface area contributed by atoms with Crippen molar-refractivity contribution in [3.63, 3.8) is 0 Å². The van der Waals surface area contributed by atoms with Crippen molar-refractivity contribution in [2.75, 3.05) is 13.1 Å². The molecule has 22 heavy (non-hydrogen) atoms. The van der Waals surface area contributed by atoms with Crippen LogP contribution in [0.3, 0.4) is 0 Å². The average molecular weight is 310 g/mol. The maximum Gasteiger partial charge on any atom is 0.264 e. The number of aromatic nitrogens is 2. The SMILES string of the molecule is Cc1nc(C(C)(C)C)[nH]c(=O)c1C(=O)NC[C@@H]1C[C@H](F)CN1. The van der Waals surface area contributed by atoms with Gasteiger partial charge < -0.3 is 15.6 Å². The van der Waals surface area contributed by atoms with E-state index in [1.165, 1.54) is 0 Å². The van der Waals surface area contributed by atoms with E-state index in [0.29, 0.717) is 31.0 Å². The summed E-state index contributed by atoms with van der Waals surface area (Å²) < 4.78 is 13.1. The van der Waals surface area contributed by atoms with Gasteiger partial charge in [0.25, 0.3) is 11.5 Å². The number of hydrogen-bond acceptors (Lipinski definition) is 4. The van der Waals surface area contributed by atoms with Crippen LogP contribution in [0.1, 0.15) is 49.1 Å². The molecule has 1 aliphatic rings. The molecule has 1 fully saturated rings. The maximum absolute atomic E-state index is 13.1. The number of aryl methyl sites for hydroxylation is 1. The number of halogens is 1. The Labute approximate surface area is 128 Å². The van der Waals surface area contributed by atoms with E-state index in [-0.39, 0.29) is 17.0 Å². The molecule has 0 bridgehead atoms. The lowest BCUT2D eigenvalue weighted by Gasteiger charge is -2.18. The van der Waals surface area contributed by atoms with Crippen molar-refractivity contribution >= 4 is 5.91 Å². The predicted octanol–water partition coefficient (Wildman–Crippen LogP) is 0.806. The molecule has 1 saturated heterocycles. The molecule has 0 spiro atoms. The number of rotatable bonds is 3. The molecule has 7 heteroatoms. The summed E-state index contributed by atoms with van der Waals surface area (Å²) in [6.07, 6.45) is -0.503. The van der Waals surface area contributed by atoms with Crippen molar-refractivity contribution in [1.82, 2.24) is 20.6 Å². The lowest BCUT2D eigenvalue weighted by atomic mass is 9.95. The van der Waals surface area contributed by atoms with Gasteiger partial charge in [-0.1, -0.05) is 20.8 Å². The molecule has 1 aliphatic heterocycles. The van der Waals surface area contributed by atoms with Gasteiger partial charge in [-0.25, -0.2) is 9.37 Å². The first-order valence-electron chi connectivity index (χ1n) is 7.45. The third kappa shape index (κ3) is 3.71. The van der Waals surface area contributed by atoms with Gasteiger partial charge in [0.2, 0.25) is 0 Å². The fourth-order valence-electron chi connectivity index (χ4n) is 2.44. The van der Waals surface area contributed by atoms with E-state index < -0.39 is 17.6 Å². The Kier molecular flexibility index (Phi) is 4.65. The van der Waals surface area contributed by atoms with Crippen LogP contribution in [0.2, 0.25) is 0 Å². The van der Waals surface area contributed by atoms with Crippen molar-refractivity contribution in [3.8, 4) is 0 Å². The van der Waals surface area contributed by atoms with Crippen LogP contribution >= 0.6 is 0 Å². The maximum atomic E-state index is 13.1. The molecule has 1 aromatic heterocycles. The third-order valence-corrected chi connectivity index (χ3v) is 3.72. The highest BCUT2D eigenvalue weighted by Gasteiger charge is 2.25. The van der Waals surface area contributed by atoms with Gasteiger partial charge in [0.05, 0.1) is 5.69 Å². The van der Waals surface area contributed by atoms with E-state index in [1.54, 1.807) is 6.92 Å². The van der Waals surface area contributed by atoms with E-state index in [9.17, 15) is 14.0 Å². The van der Waals surface area contributed by atoms with Gasteiger partial charge >= 0.3 is 0 Å². The second-order valence-electron chi connectivity index (χ2n) is 6.77. The second kappa shape index (κ2) is 6.16. The van der Waals surface area contributed by atoms with Gasteiger partial charge in [0.15, 0.2) is 0 Å². The minimum Gasteiger partial charge on any atom is -0.350 e.